The van der Waals surface area contributed by atoms with E-state index in [1.807, 2.05) is 36.4 Å². The lowest BCUT2D eigenvalue weighted by Crippen LogP contribution is -2.04. The zero-order chi connectivity index (χ0) is 19.6. The van der Waals surface area contributed by atoms with Gasteiger partial charge in [0.15, 0.2) is 0 Å². The fourth-order valence-corrected chi connectivity index (χ4v) is 2.65. The number of carbonyl (C=O) groups excluding carboxylic acids is 1. The Bertz CT molecular complexity index is 761. The number of hydrogen-bond donors (Lipinski definition) is 0. The maximum Gasteiger partial charge on any atom is 0.338 e. The molecule has 27 heavy (non-hydrogen) atoms. The summed E-state index contributed by atoms with van der Waals surface area (Å²) in [6, 6.07) is 12.8. The molecule has 0 fully saturated rings. The summed E-state index contributed by atoms with van der Waals surface area (Å²) < 4.78 is 21.2. The van der Waals surface area contributed by atoms with Crippen LogP contribution >= 0.6 is 15.9 Å². The van der Waals surface area contributed by atoms with Crippen LogP contribution in [0.25, 0.3) is 11.6 Å². The molecular formula is C21H23BrO5. The lowest BCUT2D eigenvalue weighted by atomic mass is 10.0. The van der Waals surface area contributed by atoms with Crippen molar-refractivity contribution in [3.63, 3.8) is 0 Å². The van der Waals surface area contributed by atoms with E-state index in [1.54, 1.807) is 26.4 Å². The number of methoxy groups -OCH3 is 3. The van der Waals surface area contributed by atoms with Crippen molar-refractivity contribution in [3.8, 4) is 17.2 Å². The average Bonchev–Trinajstić information content (AvgIpc) is 2.72. The van der Waals surface area contributed by atoms with Crippen LogP contribution in [0.3, 0.4) is 0 Å². The SMILES string of the molecule is COC(=O)/C(=C\c1cc(OC)cc(OC)c1)c1ccc(OCCCBr)cc1. The van der Waals surface area contributed by atoms with Crippen molar-refractivity contribution in [1.29, 1.82) is 0 Å². The minimum Gasteiger partial charge on any atom is -0.497 e. The van der Waals surface area contributed by atoms with Crippen LogP contribution in [-0.4, -0.2) is 39.2 Å². The first-order chi connectivity index (χ1) is 13.1. The quantitative estimate of drug-likeness (QED) is 0.190. The summed E-state index contributed by atoms with van der Waals surface area (Å²) >= 11 is 3.37. The van der Waals surface area contributed by atoms with Crippen LogP contribution < -0.4 is 14.2 Å². The fraction of sp³-hybridized carbons (Fsp3) is 0.286. The second-order valence-corrected chi connectivity index (χ2v) is 6.40. The van der Waals surface area contributed by atoms with Gasteiger partial charge in [0.05, 0.1) is 33.5 Å². The van der Waals surface area contributed by atoms with E-state index in [4.69, 9.17) is 18.9 Å². The Hall–Kier alpha value is -2.47. The van der Waals surface area contributed by atoms with Crippen molar-refractivity contribution in [1.82, 2.24) is 0 Å². The molecule has 144 valence electrons. The largest absolute Gasteiger partial charge is 0.497 e. The Morgan fingerprint density at radius 1 is 0.963 bits per heavy atom. The predicted molar refractivity (Wildman–Crippen MR) is 110 cm³/mol. The second-order valence-electron chi connectivity index (χ2n) is 5.61. The Labute approximate surface area is 168 Å². The normalized spacial score (nSPS) is 11.0. The molecule has 0 radical (unpaired) electrons. The van der Waals surface area contributed by atoms with E-state index in [1.165, 1.54) is 7.11 Å². The highest BCUT2D eigenvalue weighted by molar-refractivity contribution is 9.09. The molecule has 0 atom stereocenters. The van der Waals surface area contributed by atoms with Gasteiger partial charge in [0.1, 0.15) is 17.2 Å². The molecule has 0 heterocycles. The molecule has 0 bridgehead atoms. The molecule has 2 aromatic rings. The van der Waals surface area contributed by atoms with Crippen LogP contribution in [-0.2, 0) is 9.53 Å². The average molecular weight is 435 g/mol. The van der Waals surface area contributed by atoms with Gasteiger partial charge in [-0.15, -0.1) is 0 Å². The molecular weight excluding hydrogens is 412 g/mol. The number of halogens is 1. The Morgan fingerprint density at radius 3 is 2.11 bits per heavy atom. The molecule has 0 aliphatic rings. The number of benzene rings is 2. The third kappa shape index (κ3) is 6.03. The van der Waals surface area contributed by atoms with Crippen LogP contribution in [0.5, 0.6) is 17.2 Å². The highest BCUT2D eigenvalue weighted by atomic mass is 79.9. The summed E-state index contributed by atoms with van der Waals surface area (Å²) in [4.78, 5) is 12.3. The number of carbonyl (C=O) groups is 1. The van der Waals surface area contributed by atoms with Gasteiger partial charge in [0.25, 0.3) is 0 Å². The summed E-state index contributed by atoms with van der Waals surface area (Å²) in [5.41, 5.74) is 1.93. The number of rotatable bonds is 9. The number of ether oxygens (including phenoxy) is 4. The molecule has 0 unspecified atom stereocenters. The predicted octanol–water partition coefficient (Wildman–Crippen LogP) is 4.58. The van der Waals surface area contributed by atoms with E-state index in [0.29, 0.717) is 23.7 Å². The van der Waals surface area contributed by atoms with Crippen molar-refractivity contribution < 1.29 is 23.7 Å². The van der Waals surface area contributed by atoms with Crippen LogP contribution in [0.4, 0.5) is 0 Å². The summed E-state index contributed by atoms with van der Waals surface area (Å²) in [6.45, 7) is 0.633. The maximum absolute atomic E-state index is 12.3. The Balaban J connectivity index is 2.35. The van der Waals surface area contributed by atoms with E-state index in [2.05, 4.69) is 15.9 Å². The van der Waals surface area contributed by atoms with Gasteiger partial charge >= 0.3 is 5.97 Å². The van der Waals surface area contributed by atoms with Crippen LogP contribution in [0.2, 0.25) is 0 Å². The molecule has 0 aliphatic carbocycles. The third-order valence-corrected chi connectivity index (χ3v) is 4.36. The topological polar surface area (TPSA) is 54.0 Å². The van der Waals surface area contributed by atoms with Crippen molar-refractivity contribution in [2.75, 3.05) is 33.3 Å². The zero-order valence-electron chi connectivity index (χ0n) is 15.7. The Kier molecular flexibility index (Phi) is 8.20. The first-order valence-corrected chi connectivity index (χ1v) is 9.55. The number of esters is 1. The van der Waals surface area contributed by atoms with E-state index in [0.717, 1.165) is 28.6 Å². The lowest BCUT2D eigenvalue weighted by Gasteiger charge is -2.10. The molecule has 0 aromatic heterocycles. The summed E-state index contributed by atoms with van der Waals surface area (Å²) in [6.07, 6.45) is 2.67. The van der Waals surface area contributed by atoms with Gasteiger partial charge in [-0.3, -0.25) is 0 Å². The molecule has 2 rings (SSSR count). The standard InChI is InChI=1S/C21H23BrO5/c1-24-18-11-15(12-19(14-18)25-2)13-20(21(23)26-3)16-5-7-17(8-6-16)27-10-4-9-22/h5-8,11-14H,4,9-10H2,1-3H3/b20-13-. The molecule has 0 amide bonds. The monoisotopic (exact) mass is 434 g/mol. The number of alkyl halides is 1. The van der Waals surface area contributed by atoms with Gasteiger partial charge in [0, 0.05) is 11.4 Å². The maximum atomic E-state index is 12.3. The van der Waals surface area contributed by atoms with Crippen LogP contribution in [0.15, 0.2) is 42.5 Å². The molecule has 6 heteroatoms. The molecule has 5 nitrogen and oxygen atoms in total. The van der Waals surface area contributed by atoms with Gasteiger partial charge < -0.3 is 18.9 Å². The van der Waals surface area contributed by atoms with Crippen molar-refractivity contribution in [3.05, 3.63) is 53.6 Å². The first kappa shape index (κ1) is 20.8. The van der Waals surface area contributed by atoms with Gasteiger partial charge in [-0.2, -0.15) is 0 Å². The molecule has 2 aromatic carbocycles. The van der Waals surface area contributed by atoms with E-state index >= 15 is 0 Å². The van der Waals surface area contributed by atoms with E-state index in [-0.39, 0.29) is 0 Å². The zero-order valence-corrected chi connectivity index (χ0v) is 17.2. The fourth-order valence-electron chi connectivity index (χ4n) is 2.42. The Morgan fingerprint density at radius 2 is 1.59 bits per heavy atom. The number of hydrogen-bond acceptors (Lipinski definition) is 5. The molecule has 0 spiro atoms. The summed E-state index contributed by atoms with van der Waals surface area (Å²) in [5.74, 6) is 1.61. The van der Waals surface area contributed by atoms with E-state index in [9.17, 15) is 4.79 Å². The van der Waals surface area contributed by atoms with Gasteiger partial charge in [-0.25, -0.2) is 4.79 Å². The second kappa shape index (κ2) is 10.6. The molecule has 0 N–H and O–H groups in total. The third-order valence-electron chi connectivity index (χ3n) is 3.80. The molecule has 0 aliphatic heterocycles. The molecule has 0 saturated heterocycles. The summed E-state index contributed by atoms with van der Waals surface area (Å²) in [7, 11) is 4.52. The van der Waals surface area contributed by atoms with Gasteiger partial charge in [0.2, 0.25) is 0 Å². The van der Waals surface area contributed by atoms with Gasteiger partial charge in [-0.05, 0) is 47.9 Å². The van der Waals surface area contributed by atoms with E-state index < -0.39 is 5.97 Å². The highest BCUT2D eigenvalue weighted by Crippen LogP contribution is 2.27. The first-order valence-electron chi connectivity index (χ1n) is 8.43. The molecule has 0 saturated carbocycles. The lowest BCUT2D eigenvalue weighted by molar-refractivity contribution is -0.133. The highest BCUT2D eigenvalue weighted by Gasteiger charge is 2.13. The smallest absolute Gasteiger partial charge is 0.338 e. The van der Waals surface area contributed by atoms with Crippen LogP contribution in [0, 0.1) is 0 Å². The van der Waals surface area contributed by atoms with Crippen LogP contribution in [0.1, 0.15) is 17.5 Å². The van der Waals surface area contributed by atoms with Gasteiger partial charge in [-0.1, -0.05) is 28.1 Å². The minimum absolute atomic E-state index is 0.426. The minimum atomic E-state index is -0.426. The summed E-state index contributed by atoms with van der Waals surface area (Å²) in [5, 5.41) is 0.893. The van der Waals surface area contributed by atoms with Crippen molar-refractivity contribution in [2.24, 2.45) is 0 Å². The van der Waals surface area contributed by atoms with Crippen molar-refractivity contribution in [2.45, 2.75) is 6.42 Å². The van der Waals surface area contributed by atoms with Crippen molar-refractivity contribution >= 4 is 33.5 Å².